The van der Waals surface area contributed by atoms with E-state index in [1.54, 1.807) is 31.0 Å². The minimum absolute atomic E-state index is 0.0670. The third-order valence-corrected chi connectivity index (χ3v) is 5.72. The number of nitrogens with one attached hydrogen (secondary N) is 1. The molecule has 1 rings (SSSR count). The second-order valence-electron chi connectivity index (χ2n) is 4.22. The summed E-state index contributed by atoms with van der Waals surface area (Å²) in [5.74, 6) is 1.51. The maximum absolute atomic E-state index is 12.1. The van der Waals surface area contributed by atoms with Crippen molar-refractivity contribution in [3.05, 3.63) is 29.8 Å². The van der Waals surface area contributed by atoms with Crippen LogP contribution in [0.5, 0.6) is 0 Å². The lowest BCUT2D eigenvalue weighted by Gasteiger charge is -2.05. The number of methoxy groups -OCH3 is 1. The van der Waals surface area contributed by atoms with Crippen LogP contribution in [-0.2, 0) is 14.6 Å². The summed E-state index contributed by atoms with van der Waals surface area (Å²) in [7, 11) is -1.61. The van der Waals surface area contributed by atoms with Crippen molar-refractivity contribution >= 4 is 27.4 Å². The molecule has 1 aromatic carbocycles. The van der Waals surface area contributed by atoms with Crippen LogP contribution in [0.2, 0.25) is 0 Å². The summed E-state index contributed by atoms with van der Waals surface area (Å²) in [6, 6.07) is 6.12. The normalized spacial score (nSPS) is 11.4. The molecule has 0 aliphatic rings. The largest absolute Gasteiger partial charge is 0.385 e. The third kappa shape index (κ3) is 5.52. The van der Waals surface area contributed by atoms with Crippen LogP contribution in [-0.4, -0.2) is 45.2 Å². The van der Waals surface area contributed by atoms with Crippen molar-refractivity contribution in [1.82, 2.24) is 0 Å². The molecule has 0 radical (unpaired) electrons. The Balaban J connectivity index is 2.49. The fraction of sp³-hybridized carbons (Fsp3) is 0.462. The zero-order chi connectivity index (χ0) is 15.0. The Morgan fingerprint density at radius 1 is 1.30 bits per heavy atom. The Kier molecular flexibility index (Phi) is 7.04. The molecule has 3 N–H and O–H groups in total. The molecular formula is C13H20N2O3S2. The van der Waals surface area contributed by atoms with Gasteiger partial charge in [0.1, 0.15) is 5.84 Å². The number of hydrogen-bond donors (Lipinski definition) is 2. The van der Waals surface area contributed by atoms with E-state index in [0.717, 1.165) is 12.2 Å². The topological polar surface area (TPSA) is 93.2 Å². The number of benzene rings is 1. The van der Waals surface area contributed by atoms with Gasteiger partial charge in [-0.05, 0) is 24.3 Å². The molecule has 5 nitrogen and oxygen atoms in total. The number of ether oxygens (including phenoxy) is 1. The molecule has 112 valence electrons. The van der Waals surface area contributed by atoms with Crippen LogP contribution < -0.4 is 5.73 Å². The molecule has 7 heteroatoms. The molecule has 0 heterocycles. The van der Waals surface area contributed by atoms with Gasteiger partial charge in [0.25, 0.3) is 0 Å². The first kappa shape index (κ1) is 17.0. The zero-order valence-corrected chi connectivity index (χ0v) is 13.1. The molecule has 0 aromatic heterocycles. The molecule has 0 unspecified atom stereocenters. The monoisotopic (exact) mass is 316 g/mol. The first-order chi connectivity index (χ1) is 9.47. The smallest absolute Gasteiger partial charge is 0.179 e. The number of thioether (sulfide) groups is 1. The summed E-state index contributed by atoms with van der Waals surface area (Å²) in [5, 5.41) is 7.27. The molecule has 0 amide bonds. The van der Waals surface area contributed by atoms with Gasteiger partial charge in [-0.1, -0.05) is 12.1 Å². The van der Waals surface area contributed by atoms with E-state index in [0.29, 0.717) is 17.9 Å². The third-order valence-electron chi connectivity index (χ3n) is 2.66. The minimum atomic E-state index is -3.26. The molecule has 0 atom stereocenters. The van der Waals surface area contributed by atoms with Gasteiger partial charge in [-0.3, -0.25) is 5.41 Å². The Labute approximate surface area is 124 Å². The Morgan fingerprint density at radius 3 is 2.50 bits per heavy atom. The number of rotatable bonds is 9. The van der Waals surface area contributed by atoms with Gasteiger partial charge >= 0.3 is 0 Å². The summed E-state index contributed by atoms with van der Waals surface area (Å²) in [5.41, 5.74) is 5.86. The molecule has 0 aliphatic carbocycles. The lowest BCUT2D eigenvalue weighted by atomic mass is 10.2. The highest BCUT2D eigenvalue weighted by Gasteiger charge is 2.14. The lowest BCUT2D eigenvalue weighted by Crippen LogP contribution is -2.12. The van der Waals surface area contributed by atoms with E-state index in [9.17, 15) is 8.42 Å². The second-order valence-corrected chi connectivity index (χ2v) is 7.55. The predicted octanol–water partition coefficient (Wildman–Crippen LogP) is 1.51. The quantitative estimate of drug-likeness (QED) is 0.409. The van der Waals surface area contributed by atoms with Gasteiger partial charge in [0.15, 0.2) is 9.84 Å². The van der Waals surface area contributed by atoms with Crippen LogP contribution in [0, 0.1) is 5.41 Å². The van der Waals surface area contributed by atoms with Crippen molar-refractivity contribution in [2.24, 2.45) is 5.73 Å². The highest BCUT2D eigenvalue weighted by molar-refractivity contribution is 8.00. The SMILES string of the molecule is COCCCSCCS(=O)(=O)c1ccc(C(=N)N)cc1. The van der Waals surface area contributed by atoms with E-state index >= 15 is 0 Å². The van der Waals surface area contributed by atoms with Gasteiger partial charge in [0.05, 0.1) is 10.6 Å². The molecule has 20 heavy (non-hydrogen) atoms. The number of hydrogen-bond acceptors (Lipinski definition) is 5. The van der Waals surface area contributed by atoms with Crippen LogP contribution in [0.1, 0.15) is 12.0 Å². The highest BCUT2D eigenvalue weighted by Crippen LogP contribution is 2.14. The van der Waals surface area contributed by atoms with Crippen molar-refractivity contribution < 1.29 is 13.2 Å². The number of sulfone groups is 1. The highest BCUT2D eigenvalue weighted by atomic mass is 32.2. The number of nitrogen functional groups attached to an aromatic ring is 1. The summed E-state index contributed by atoms with van der Waals surface area (Å²) < 4.78 is 29.1. The molecule has 0 saturated carbocycles. The predicted molar refractivity (Wildman–Crippen MR) is 83.3 cm³/mol. The standard InChI is InChI=1S/C13H20N2O3S2/c1-18-7-2-8-19-9-10-20(16,17)12-5-3-11(4-6-12)13(14)15/h3-6H,2,7-10H2,1H3,(H3,14,15). The molecular weight excluding hydrogens is 296 g/mol. The van der Waals surface area contributed by atoms with E-state index in [4.69, 9.17) is 15.9 Å². The Hall–Kier alpha value is -1.05. The van der Waals surface area contributed by atoms with Crippen molar-refractivity contribution in [2.45, 2.75) is 11.3 Å². The van der Waals surface area contributed by atoms with E-state index in [-0.39, 0.29) is 16.5 Å². The fourth-order valence-corrected chi connectivity index (χ4v) is 4.20. The number of amidine groups is 1. The van der Waals surface area contributed by atoms with Crippen LogP contribution in [0.3, 0.4) is 0 Å². The molecule has 0 bridgehead atoms. The van der Waals surface area contributed by atoms with Gasteiger partial charge in [0, 0.05) is 25.0 Å². The van der Waals surface area contributed by atoms with E-state index in [1.807, 2.05) is 0 Å². The van der Waals surface area contributed by atoms with Gasteiger partial charge < -0.3 is 10.5 Å². The average molecular weight is 316 g/mol. The van der Waals surface area contributed by atoms with Crippen molar-refractivity contribution in [3.8, 4) is 0 Å². The Bertz CT molecular complexity index is 527. The first-order valence-corrected chi connectivity index (χ1v) is 9.02. The van der Waals surface area contributed by atoms with Crippen molar-refractivity contribution in [1.29, 1.82) is 5.41 Å². The summed E-state index contributed by atoms with van der Waals surface area (Å²) in [6.45, 7) is 0.701. The second kappa shape index (κ2) is 8.28. The number of nitrogens with two attached hydrogens (primary N) is 1. The van der Waals surface area contributed by atoms with Gasteiger partial charge in [-0.25, -0.2) is 8.42 Å². The summed E-state index contributed by atoms with van der Waals surface area (Å²) in [4.78, 5) is 0.278. The summed E-state index contributed by atoms with van der Waals surface area (Å²) >= 11 is 1.61. The van der Waals surface area contributed by atoms with Crippen LogP contribution in [0.4, 0.5) is 0 Å². The van der Waals surface area contributed by atoms with E-state index in [1.165, 1.54) is 12.1 Å². The van der Waals surface area contributed by atoms with Gasteiger partial charge in [-0.2, -0.15) is 11.8 Å². The van der Waals surface area contributed by atoms with E-state index in [2.05, 4.69) is 0 Å². The first-order valence-electron chi connectivity index (χ1n) is 6.21. The molecule has 0 spiro atoms. The maximum atomic E-state index is 12.1. The van der Waals surface area contributed by atoms with Crippen LogP contribution in [0.15, 0.2) is 29.2 Å². The molecule has 0 aliphatic heterocycles. The van der Waals surface area contributed by atoms with Crippen LogP contribution >= 0.6 is 11.8 Å². The maximum Gasteiger partial charge on any atom is 0.179 e. The summed E-state index contributed by atoms with van der Waals surface area (Å²) in [6.07, 6.45) is 0.925. The van der Waals surface area contributed by atoms with Gasteiger partial charge in [0.2, 0.25) is 0 Å². The Morgan fingerprint density at radius 2 is 1.95 bits per heavy atom. The minimum Gasteiger partial charge on any atom is -0.385 e. The van der Waals surface area contributed by atoms with Gasteiger partial charge in [-0.15, -0.1) is 0 Å². The van der Waals surface area contributed by atoms with E-state index < -0.39 is 9.84 Å². The van der Waals surface area contributed by atoms with Crippen molar-refractivity contribution in [2.75, 3.05) is 31.0 Å². The fourth-order valence-electron chi connectivity index (χ4n) is 1.54. The van der Waals surface area contributed by atoms with Crippen molar-refractivity contribution in [3.63, 3.8) is 0 Å². The molecule has 0 saturated heterocycles. The molecule has 1 aromatic rings. The zero-order valence-electron chi connectivity index (χ0n) is 11.5. The lowest BCUT2D eigenvalue weighted by molar-refractivity contribution is 0.200. The molecule has 0 fully saturated rings. The average Bonchev–Trinajstić information content (AvgIpc) is 2.43. The van der Waals surface area contributed by atoms with Crippen LogP contribution in [0.25, 0.3) is 0 Å².